The van der Waals surface area contributed by atoms with E-state index in [2.05, 4.69) is 4.74 Å². The molecule has 12 heteroatoms. The number of aryl methyl sites for hydroxylation is 1. The van der Waals surface area contributed by atoms with Crippen molar-refractivity contribution in [1.82, 2.24) is 9.55 Å². The molecule has 0 aliphatic rings. The molecule has 1 aromatic rings. The molecule has 0 saturated heterocycles. The predicted molar refractivity (Wildman–Crippen MR) is 65.9 cm³/mol. The van der Waals surface area contributed by atoms with E-state index in [9.17, 15) is 31.2 Å². The van der Waals surface area contributed by atoms with Crippen LogP contribution in [0, 0.1) is 0 Å². The molecule has 0 aliphatic heterocycles. The van der Waals surface area contributed by atoms with Crippen molar-refractivity contribution in [2.75, 3.05) is 13.2 Å². The third-order valence-corrected chi connectivity index (χ3v) is 3.51. The maximum Gasteiger partial charge on any atom is 0.411 e. The van der Waals surface area contributed by atoms with Crippen molar-refractivity contribution in [2.24, 2.45) is 0 Å². The second-order valence-electron chi connectivity index (χ2n) is 3.91. The summed E-state index contributed by atoms with van der Waals surface area (Å²) in [6.45, 7) is -1.87. The molecule has 0 atom stereocenters. The third-order valence-electron chi connectivity index (χ3n) is 2.19. The molecule has 0 radical (unpaired) electrons. The van der Waals surface area contributed by atoms with Gasteiger partial charge in [-0.2, -0.15) is 13.2 Å². The highest BCUT2D eigenvalue weighted by Crippen LogP contribution is 2.14. The number of rotatable bonds is 6. The molecule has 0 aliphatic carbocycles. The Bertz CT molecular complexity index is 709. The molecule has 1 rings (SSSR count). The molecule has 0 amide bonds. The van der Waals surface area contributed by atoms with Gasteiger partial charge in [0.05, 0.1) is 0 Å². The first-order valence-corrected chi connectivity index (χ1v) is 7.74. The van der Waals surface area contributed by atoms with Gasteiger partial charge in [-0.3, -0.25) is 14.3 Å². The van der Waals surface area contributed by atoms with E-state index in [1.165, 1.54) is 0 Å². The van der Waals surface area contributed by atoms with E-state index < -0.39 is 38.0 Å². The van der Waals surface area contributed by atoms with Gasteiger partial charge in [-0.05, 0) is 6.42 Å². The predicted octanol–water partition coefficient (Wildman–Crippen LogP) is 0.433. The summed E-state index contributed by atoms with van der Waals surface area (Å²) >= 11 is 0. The fourth-order valence-corrected chi connectivity index (χ4v) is 2.21. The van der Waals surface area contributed by atoms with Crippen molar-refractivity contribution >= 4 is 19.7 Å². The Hall–Kier alpha value is -1.33. The number of aromatic nitrogens is 2. The quantitative estimate of drug-likeness (QED) is 0.592. The molecule has 1 heterocycles. The smallest absolute Gasteiger partial charge is 0.372 e. The van der Waals surface area contributed by atoms with Gasteiger partial charge in [-0.25, -0.2) is 13.2 Å². The molecule has 0 spiro atoms. The summed E-state index contributed by atoms with van der Waals surface area (Å²) in [5.74, 6) is 0. The SMILES string of the molecule is O=c1[nH]c(=O)n(CCCOCC(F)(F)F)cc1S(=O)(=O)Cl. The molecule has 0 bridgehead atoms. The highest BCUT2D eigenvalue weighted by Gasteiger charge is 2.27. The van der Waals surface area contributed by atoms with Crippen LogP contribution in [-0.2, 0) is 20.3 Å². The van der Waals surface area contributed by atoms with Gasteiger partial charge in [-0.1, -0.05) is 0 Å². The zero-order chi connectivity index (χ0) is 16.3. The van der Waals surface area contributed by atoms with Crippen LogP contribution in [0.3, 0.4) is 0 Å². The van der Waals surface area contributed by atoms with Gasteiger partial charge in [0.2, 0.25) is 0 Å². The fourth-order valence-electron chi connectivity index (χ4n) is 1.35. The zero-order valence-electron chi connectivity index (χ0n) is 10.3. The van der Waals surface area contributed by atoms with Crippen LogP contribution in [0.2, 0.25) is 0 Å². The highest BCUT2D eigenvalue weighted by molar-refractivity contribution is 8.13. The molecule has 120 valence electrons. The average Bonchev–Trinajstić information content (AvgIpc) is 2.28. The minimum atomic E-state index is -4.45. The van der Waals surface area contributed by atoms with E-state index in [-0.39, 0.29) is 19.6 Å². The molecule has 1 N–H and O–H groups in total. The van der Waals surface area contributed by atoms with Crippen molar-refractivity contribution in [3.05, 3.63) is 27.0 Å². The van der Waals surface area contributed by atoms with E-state index in [4.69, 9.17) is 10.7 Å². The van der Waals surface area contributed by atoms with E-state index in [1.54, 1.807) is 4.98 Å². The van der Waals surface area contributed by atoms with Crippen molar-refractivity contribution in [3.8, 4) is 0 Å². The molecule has 0 fully saturated rings. The van der Waals surface area contributed by atoms with Crippen LogP contribution in [0.25, 0.3) is 0 Å². The summed E-state index contributed by atoms with van der Waals surface area (Å²) in [5, 5.41) is 0. The van der Waals surface area contributed by atoms with Gasteiger partial charge in [0, 0.05) is 30.0 Å². The van der Waals surface area contributed by atoms with E-state index in [0.717, 1.165) is 10.8 Å². The second-order valence-corrected chi connectivity index (χ2v) is 6.44. The Morgan fingerprint density at radius 2 is 1.95 bits per heavy atom. The van der Waals surface area contributed by atoms with Crippen LogP contribution in [-0.4, -0.2) is 37.4 Å². The Labute approximate surface area is 120 Å². The lowest BCUT2D eigenvalue weighted by Gasteiger charge is -2.08. The van der Waals surface area contributed by atoms with Crippen LogP contribution in [0.4, 0.5) is 13.2 Å². The summed E-state index contributed by atoms with van der Waals surface area (Å²) in [4.78, 5) is 23.6. The van der Waals surface area contributed by atoms with Crippen LogP contribution in [0.15, 0.2) is 20.7 Å². The number of nitrogens with one attached hydrogen (secondary N) is 1. The van der Waals surface area contributed by atoms with Gasteiger partial charge in [-0.15, -0.1) is 0 Å². The van der Waals surface area contributed by atoms with Crippen molar-refractivity contribution in [3.63, 3.8) is 0 Å². The number of alkyl halides is 3. The average molecular weight is 351 g/mol. The number of nitrogens with zero attached hydrogens (tertiary/aromatic N) is 1. The van der Waals surface area contributed by atoms with Crippen molar-refractivity contribution < 1.29 is 26.3 Å². The largest absolute Gasteiger partial charge is 0.411 e. The van der Waals surface area contributed by atoms with Gasteiger partial charge in [0.15, 0.2) is 4.90 Å². The number of ether oxygens (including phenoxy) is 1. The van der Waals surface area contributed by atoms with E-state index >= 15 is 0 Å². The maximum atomic E-state index is 11.8. The monoisotopic (exact) mass is 350 g/mol. The fraction of sp³-hybridized carbons (Fsp3) is 0.556. The van der Waals surface area contributed by atoms with Crippen molar-refractivity contribution in [2.45, 2.75) is 24.0 Å². The maximum absolute atomic E-state index is 11.8. The number of aromatic amines is 1. The van der Waals surface area contributed by atoms with E-state index in [1.807, 2.05) is 0 Å². The molecule has 21 heavy (non-hydrogen) atoms. The zero-order valence-corrected chi connectivity index (χ0v) is 11.9. The van der Waals surface area contributed by atoms with Gasteiger partial charge in [0.25, 0.3) is 14.6 Å². The summed E-state index contributed by atoms with van der Waals surface area (Å²) in [5.41, 5.74) is -2.07. The Kier molecular flexibility index (Phi) is 5.59. The van der Waals surface area contributed by atoms with Crippen LogP contribution < -0.4 is 11.2 Å². The number of H-pyrrole nitrogens is 1. The lowest BCUT2D eigenvalue weighted by molar-refractivity contribution is -0.174. The lowest BCUT2D eigenvalue weighted by Crippen LogP contribution is -2.32. The van der Waals surface area contributed by atoms with Crippen LogP contribution in [0.1, 0.15) is 6.42 Å². The Morgan fingerprint density at radius 3 is 2.48 bits per heavy atom. The second kappa shape index (κ2) is 6.62. The molecule has 1 aromatic heterocycles. The van der Waals surface area contributed by atoms with Crippen molar-refractivity contribution in [1.29, 1.82) is 0 Å². The minimum absolute atomic E-state index is 0.00377. The summed E-state index contributed by atoms with van der Waals surface area (Å²) in [6, 6.07) is 0. The molecule has 0 saturated carbocycles. The summed E-state index contributed by atoms with van der Waals surface area (Å²) in [7, 11) is 0.671. The van der Waals surface area contributed by atoms with Gasteiger partial charge in [0.1, 0.15) is 6.61 Å². The number of hydrogen-bond acceptors (Lipinski definition) is 5. The van der Waals surface area contributed by atoms with Gasteiger partial charge >= 0.3 is 11.9 Å². The first kappa shape index (κ1) is 17.7. The van der Waals surface area contributed by atoms with E-state index in [0.29, 0.717) is 0 Å². The molecule has 0 aromatic carbocycles. The van der Waals surface area contributed by atoms with Gasteiger partial charge < -0.3 is 4.74 Å². The van der Waals surface area contributed by atoms with Crippen LogP contribution >= 0.6 is 10.7 Å². The third kappa shape index (κ3) is 5.89. The molecular formula is C9H10ClF3N2O5S. The topological polar surface area (TPSA) is 98.2 Å². The molecule has 7 nitrogen and oxygen atoms in total. The Balaban J connectivity index is 2.73. The van der Waals surface area contributed by atoms with Crippen LogP contribution in [0.5, 0.6) is 0 Å². The first-order chi connectivity index (χ1) is 9.50. The summed E-state index contributed by atoms with van der Waals surface area (Å²) < 4.78 is 62.7. The molecular weight excluding hydrogens is 341 g/mol. The lowest BCUT2D eigenvalue weighted by atomic mass is 10.4. The minimum Gasteiger partial charge on any atom is -0.372 e. The number of halogens is 4. The highest BCUT2D eigenvalue weighted by atomic mass is 35.7. The first-order valence-electron chi connectivity index (χ1n) is 5.43. The standard InChI is InChI=1S/C9H10ClF3N2O5S/c10-21(18,19)6-4-15(8(17)14-7(6)16)2-1-3-20-5-9(11,12)13/h4H,1-3,5H2,(H,14,16,17). The summed E-state index contributed by atoms with van der Waals surface area (Å²) in [6.07, 6.45) is -3.72. The normalized spacial score (nSPS) is 12.6. The Morgan fingerprint density at radius 1 is 1.33 bits per heavy atom. The molecule has 0 unspecified atom stereocenters. The number of hydrogen-bond donors (Lipinski definition) is 1.